The second-order valence-corrected chi connectivity index (χ2v) is 6.14. The van der Waals surface area contributed by atoms with E-state index in [1.54, 1.807) is 18.2 Å². The van der Waals surface area contributed by atoms with E-state index >= 15 is 0 Å². The van der Waals surface area contributed by atoms with Crippen molar-refractivity contribution in [2.24, 2.45) is 0 Å². The third kappa shape index (κ3) is 4.82. The zero-order valence-electron chi connectivity index (χ0n) is 14.9. The van der Waals surface area contributed by atoms with E-state index in [0.717, 1.165) is 17.2 Å². The Kier molecular flexibility index (Phi) is 5.66. The molecule has 1 amide bonds. The highest BCUT2D eigenvalue weighted by atomic mass is 16.5. The summed E-state index contributed by atoms with van der Waals surface area (Å²) in [5.41, 5.74) is 1.98. The molecule has 138 valence electrons. The van der Waals surface area contributed by atoms with Crippen LogP contribution in [0, 0.1) is 6.92 Å². The molecule has 6 heteroatoms. The lowest BCUT2D eigenvalue weighted by Crippen LogP contribution is -2.30. The molecule has 1 N–H and O–H groups in total. The zero-order valence-corrected chi connectivity index (χ0v) is 14.9. The molecular weight excluding hydrogens is 346 g/mol. The average molecular weight is 365 g/mol. The third-order valence-corrected chi connectivity index (χ3v) is 4.00. The smallest absolute Gasteiger partial charge is 0.374 e. The summed E-state index contributed by atoms with van der Waals surface area (Å²) in [7, 11) is 0. The summed E-state index contributed by atoms with van der Waals surface area (Å²) < 4.78 is 10.4. The Balaban J connectivity index is 1.54. The summed E-state index contributed by atoms with van der Waals surface area (Å²) in [5.74, 6) is -1.50. The van der Waals surface area contributed by atoms with E-state index < -0.39 is 18.5 Å². The fraction of sp³-hybridized carbons (Fsp3) is 0.190. The third-order valence-electron chi connectivity index (χ3n) is 4.00. The molecule has 0 aliphatic rings. The Labute approximate surface area is 155 Å². The molecule has 0 radical (unpaired) electrons. The molecule has 0 spiro atoms. The van der Waals surface area contributed by atoms with Gasteiger partial charge in [-0.05, 0) is 31.0 Å². The lowest BCUT2D eigenvalue weighted by molar-refractivity contribution is -0.124. The van der Waals surface area contributed by atoms with E-state index in [1.807, 2.05) is 37.3 Å². The van der Waals surface area contributed by atoms with Gasteiger partial charge < -0.3 is 14.5 Å². The van der Waals surface area contributed by atoms with E-state index in [2.05, 4.69) is 5.32 Å². The number of hydrogen-bond donors (Lipinski definition) is 1. The summed E-state index contributed by atoms with van der Waals surface area (Å²) in [6.07, 6.45) is 0.680. The van der Waals surface area contributed by atoms with E-state index in [0.29, 0.717) is 23.9 Å². The fourth-order valence-electron chi connectivity index (χ4n) is 2.61. The highest BCUT2D eigenvalue weighted by molar-refractivity contribution is 5.90. The molecule has 2 aromatic carbocycles. The Morgan fingerprint density at radius 3 is 2.63 bits per heavy atom. The van der Waals surface area contributed by atoms with Crippen LogP contribution in [0.1, 0.15) is 21.7 Å². The van der Waals surface area contributed by atoms with Gasteiger partial charge in [0.25, 0.3) is 5.91 Å². The lowest BCUT2D eigenvalue weighted by atomic mass is 10.1. The molecular formula is C21H19NO5. The minimum absolute atomic E-state index is 0.228. The number of carbonyl (C=O) groups is 2. The van der Waals surface area contributed by atoms with Crippen LogP contribution < -0.4 is 10.7 Å². The van der Waals surface area contributed by atoms with Crippen molar-refractivity contribution in [2.75, 3.05) is 13.2 Å². The predicted octanol–water partition coefficient (Wildman–Crippen LogP) is 2.62. The van der Waals surface area contributed by atoms with Gasteiger partial charge in [0.2, 0.25) is 5.76 Å². The number of esters is 1. The number of amides is 1. The summed E-state index contributed by atoms with van der Waals surface area (Å²) in [5, 5.41) is 3.07. The zero-order chi connectivity index (χ0) is 19.2. The average Bonchev–Trinajstić information content (AvgIpc) is 2.67. The second-order valence-electron chi connectivity index (χ2n) is 6.14. The molecule has 1 aromatic heterocycles. The molecule has 0 atom stereocenters. The standard InChI is InChI=1S/C21H19NO5/c1-14-7-8-18-16(11-14)17(23)12-19(27-18)21(25)26-13-20(24)22-10-9-15-5-3-2-4-6-15/h2-8,11-12H,9-10,13H2,1H3,(H,22,24). The van der Waals surface area contributed by atoms with Crippen molar-refractivity contribution in [3.05, 3.63) is 81.7 Å². The number of fused-ring (bicyclic) bond motifs is 1. The Hall–Kier alpha value is -3.41. The van der Waals surface area contributed by atoms with Crippen molar-refractivity contribution in [1.82, 2.24) is 5.32 Å². The van der Waals surface area contributed by atoms with E-state index in [1.165, 1.54) is 0 Å². The van der Waals surface area contributed by atoms with Crippen molar-refractivity contribution in [1.29, 1.82) is 0 Å². The minimum Gasteiger partial charge on any atom is -0.450 e. The fourth-order valence-corrected chi connectivity index (χ4v) is 2.61. The first kappa shape index (κ1) is 18.4. The molecule has 3 rings (SSSR count). The number of carbonyl (C=O) groups excluding carboxylic acids is 2. The highest BCUT2D eigenvalue weighted by Gasteiger charge is 2.15. The van der Waals surface area contributed by atoms with Crippen molar-refractivity contribution in [2.45, 2.75) is 13.3 Å². The van der Waals surface area contributed by atoms with Gasteiger partial charge in [0.1, 0.15) is 5.58 Å². The molecule has 3 aromatic rings. The van der Waals surface area contributed by atoms with Crippen LogP contribution in [0.3, 0.4) is 0 Å². The highest BCUT2D eigenvalue weighted by Crippen LogP contribution is 2.14. The van der Waals surface area contributed by atoms with Gasteiger partial charge in [0.15, 0.2) is 12.0 Å². The van der Waals surface area contributed by atoms with Crippen LogP contribution in [0.2, 0.25) is 0 Å². The van der Waals surface area contributed by atoms with E-state index in [4.69, 9.17) is 9.15 Å². The number of aryl methyl sites for hydroxylation is 1. The quantitative estimate of drug-likeness (QED) is 0.679. The molecule has 6 nitrogen and oxygen atoms in total. The van der Waals surface area contributed by atoms with Crippen LogP contribution in [0.5, 0.6) is 0 Å². The van der Waals surface area contributed by atoms with Gasteiger partial charge in [-0.15, -0.1) is 0 Å². The first-order valence-electron chi connectivity index (χ1n) is 8.55. The number of ether oxygens (including phenoxy) is 1. The van der Waals surface area contributed by atoms with Gasteiger partial charge in [0.05, 0.1) is 5.39 Å². The lowest BCUT2D eigenvalue weighted by Gasteiger charge is -2.07. The SMILES string of the molecule is Cc1ccc2oc(C(=O)OCC(=O)NCCc3ccccc3)cc(=O)c2c1. The summed E-state index contributed by atoms with van der Waals surface area (Å²) in [6, 6.07) is 15.9. The minimum atomic E-state index is -0.854. The van der Waals surface area contributed by atoms with Crippen molar-refractivity contribution < 1.29 is 18.7 Å². The monoisotopic (exact) mass is 365 g/mol. The molecule has 0 saturated heterocycles. The molecule has 0 unspecified atom stereocenters. The Bertz CT molecular complexity index is 1020. The van der Waals surface area contributed by atoms with E-state index in [-0.39, 0.29) is 11.2 Å². The van der Waals surface area contributed by atoms with E-state index in [9.17, 15) is 14.4 Å². The molecule has 0 saturated carbocycles. The van der Waals surface area contributed by atoms with Crippen LogP contribution in [0.4, 0.5) is 0 Å². The molecule has 1 heterocycles. The Morgan fingerprint density at radius 2 is 1.85 bits per heavy atom. The van der Waals surface area contributed by atoms with Crippen molar-refractivity contribution in [3.63, 3.8) is 0 Å². The summed E-state index contributed by atoms with van der Waals surface area (Å²) >= 11 is 0. The molecule has 0 bridgehead atoms. The van der Waals surface area contributed by atoms with Crippen LogP contribution in [-0.2, 0) is 16.0 Å². The second kappa shape index (κ2) is 8.31. The topological polar surface area (TPSA) is 85.6 Å². The van der Waals surface area contributed by atoms with Crippen LogP contribution >= 0.6 is 0 Å². The number of rotatable bonds is 6. The summed E-state index contributed by atoms with van der Waals surface area (Å²) in [4.78, 5) is 36.0. The molecule has 0 aliphatic carbocycles. The maximum Gasteiger partial charge on any atom is 0.374 e. The van der Waals surface area contributed by atoms with Gasteiger partial charge in [-0.2, -0.15) is 0 Å². The number of hydrogen-bond acceptors (Lipinski definition) is 5. The maximum atomic E-state index is 12.1. The van der Waals surface area contributed by atoms with Crippen LogP contribution in [0.25, 0.3) is 11.0 Å². The molecule has 27 heavy (non-hydrogen) atoms. The van der Waals surface area contributed by atoms with Crippen molar-refractivity contribution in [3.8, 4) is 0 Å². The van der Waals surface area contributed by atoms with Crippen LogP contribution in [0.15, 0.2) is 63.8 Å². The van der Waals surface area contributed by atoms with Crippen molar-refractivity contribution >= 4 is 22.8 Å². The molecule has 0 aliphatic heterocycles. The van der Waals surface area contributed by atoms with Gasteiger partial charge >= 0.3 is 5.97 Å². The number of nitrogens with one attached hydrogen (secondary N) is 1. The Morgan fingerprint density at radius 1 is 1.07 bits per heavy atom. The molecule has 0 fully saturated rings. The predicted molar refractivity (Wildman–Crippen MR) is 101 cm³/mol. The first-order valence-corrected chi connectivity index (χ1v) is 8.55. The normalized spacial score (nSPS) is 10.6. The first-order chi connectivity index (χ1) is 13.0. The number of benzene rings is 2. The van der Waals surface area contributed by atoms with Crippen LogP contribution in [-0.4, -0.2) is 25.0 Å². The van der Waals surface area contributed by atoms with Gasteiger partial charge in [-0.3, -0.25) is 9.59 Å². The summed E-state index contributed by atoms with van der Waals surface area (Å²) in [6.45, 7) is 1.85. The van der Waals surface area contributed by atoms with Gasteiger partial charge in [-0.1, -0.05) is 42.0 Å². The maximum absolute atomic E-state index is 12.1. The van der Waals surface area contributed by atoms with Gasteiger partial charge in [-0.25, -0.2) is 4.79 Å². The van der Waals surface area contributed by atoms with Gasteiger partial charge in [0, 0.05) is 12.6 Å². The largest absolute Gasteiger partial charge is 0.450 e.